The molecule has 1 N–H and O–H groups in total. The Morgan fingerprint density at radius 2 is 2.18 bits per heavy atom. The van der Waals surface area contributed by atoms with Crippen molar-refractivity contribution in [2.75, 3.05) is 12.4 Å². The van der Waals surface area contributed by atoms with Crippen LogP contribution in [0.3, 0.4) is 0 Å². The molecule has 0 aliphatic rings. The lowest BCUT2D eigenvalue weighted by molar-refractivity contribution is 0.103. The zero-order chi connectivity index (χ0) is 12.3. The number of hydrogen-bond acceptors (Lipinski definition) is 3. The third-order valence-corrected chi connectivity index (χ3v) is 3.76. The molecule has 1 amide bonds. The lowest BCUT2D eigenvalue weighted by Gasteiger charge is -2.05. The number of hydrogen-bond donors (Lipinski definition) is 1. The maximum absolute atomic E-state index is 11.9. The standard InChI is InChI=1S/C12H10BrNO2S/c1-16-8-6-11(17-7-8)12(15)14-10-5-3-2-4-9(10)13/h2-7H,1H3,(H,14,15). The van der Waals surface area contributed by atoms with E-state index in [0.717, 1.165) is 10.2 Å². The first kappa shape index (κ1) is 12.1. The molecule has 0 radical (unpaired) electrons. The van der Waals surface area contributed by atoms with Crippen LogP contribution in [0.5, 0.6) is 5.75 Å². The van der Waals surface area contributed by atoms with E-state index in [0.29, 0.717) is 10.6 Å². The first-order chi connectivity index (χ1) is 8.20. The van der Waals surface area contributed by atoms with Crippen LogP contribution in [0.15, 0.2) is 40.2 Å². The molecule has 0 saturated heterocycles. The van der Waals surface area contributed by atoms with Crippen LogP contribution in [-0.4, -0.2) is 13.0 Å². The number of carbonyl (C=O) groups is 1. The topological polar surface area (TPSA) is 38.3 Å². The van der Waals surface area contributed by atoms with Gasteiger partial charge in [-0.25, -0.2) is 0 Å². The molecule has 2 aromatic rings. The lowest BCUT2D eigenvalue weighted by Crippen LogP contribution is -2.10. The normalized spacial score (nSPS) is 10.0. The van der Waals surface area contributed by atoms with Crippen molar-refractivity contribution in [1.82, 2.24) is 0 Å². The number of rotatable bonds is 3. The Morgan fingerprint density at radius 3 is 2.82 bits per heavy atom. The van der Waals surface area contributed by atoms with Crippen LogP contribution in [0.25, 0.3) is 0 Å². The zero-order valence-corrected chi connectivity index (χ0v) is 11.5. The van der Waals surface area contributed by atoms with Crippen LogP contribution in [0, 0.1) is 0 Å². The fraction of sp³-hybridized carbons (Fsp3) is 0.0833. The van der Waals surface area contributed by atoms with E-state index >= 15 is 0 Å². The first-order valence-electron chi connectivity index (χ1n) is 4.89. The molecule has 88 valence electrons. The van der Waals surface area contributed by atoms with Gasteiger partial charge < -0.3 is 10.1 Å². The van der Waals surface area contributed by atoms with E-state index in [1.54, 1.807) is 18.6 Å². The van der Waals surface area contributed by atoms with Crippen molar-refractivity contribution in [1.29, 1.82) is 0 Å². The molecular formula is C12H10BrNO2S. The third kappa shape index (κ3) is 2.87. The van der Waals surface area contributed by atoms with Crippen molar-refractivity contribution in [2.45, 2.75) is 0 Å². The molecule has 2 rings (SSSR count). The van der Waals surface area contributed by atoms with Crippen LogP contribution in [0.1, 0.15) is 9.67 Å². The Hall–Kier alpha value is -1.33. The molecule has 1 aromatic carbocycles. The number of anilines is 1. The number of methoxy groups -OCH3 is 1. The van der Waals surface area contributed by atoms with Crippen molar-refractivity contribution in [3.8, 4) is 5.75 Å². The highest BCUT2D eigenvalue weighted by Gasteiger charge is 2.10. The minimum Gasteiger partial charge on any atom is -0.496 e. The highest BCUT2D eigenvalue weighted by Crippen LogP contribution is 2.25. The fourth-order valence-corrected chi connectivity index (χ4v) is 2.42. The van der Waals surface area contributed by atoms with Gasteiger partial charge in [0.2, 0.25) is 0 Å². The summed E-state index contributed by atoms with van der Waals surface area (Å²) in [4.78, 5) is 12.5. The van der Waals surface area contributed by atoms with Gasteiger partial charge in [0.15, 0.2) is 0 Å². The number of carbonyl (C=O) groups excluding carboxylic acids is 1. The van der Waals surface area contributed by atoms with Gasteiger partial charge in [-0.3, -0.25) is 4.79 Å². The van der Waals surface area contributed by atoms with Crippen molar-refractivity contribution in [3.05, 3.63) is 45.1 Å². The quantitative estimate of drug-likeness (QED) is 0.937. The molecule has 0 spiro atoms. The molecule has 1 aromatic heterocycles. The van der Waals surface area contributed by atoms with Crippen molar-refractivity contribution < 1.29 is 9.53 Å². The molecular weight excluding hydrogens is 302 g/mol. The average molecular weight is 312 g/mol. The van der Waals surface area contributed by atoms with E-state index in [9.17, 15) is 4.79 Å². The molecule has 0 fully saturated rings. The zero-order valence-electron chi connectivity index (χ0n) is 9.07. The number of ether oxygens (including phenoxy) is 1. The Bertz CT molecular complexity index is 539. The summed E-state index contributed by atoms with van der Waals surface area (Å²) < 4.78 is 5.90. The van der Waals surface area contributed by atoms with Gasteiger partial charge in [0.25, 0.3) is 5.91 Å². The number of halogens is 1. The van der Waals surface area contributed by atoms with Gasteiger partial charge in [-0.1, -0.05) is 12.1 Å². The van der Waals surface area contributed by atoms with E-state index < -0.39 is 0 Å². The van der Waals surface area contributed by atoms with Gasteiger partial charge in [-0.2, -0.15) is 0 Å². The third-order valence-electron chi connectivity index (χ3n) is 2.16. The van der Waals surface area contributed by atoms with Crippen LogP contribution in [0.4, 0.5) is 5.69 Å². The molecule has 0 unspecified atom stereocenters. The van der Waals surface area contributed by atoms with E-state index in [1.165, 1.54) is 11.3 Å². The van der Waals surface area contributed by atoms with Crippen LogP contribution in [-0.2, 0) is 0 Å². The molecule has 1 heterocycles. The molecule has 0 saturated carbocycles. The Morgan fingerprint density at radius 1 is 1.41 bits per heavy atom. The second-order valence-electron chi connectivity index (χ2n) is 3.28. The minimum absolute atomic E-state index is 0.134. The van der Waals surface area contributed by atoms with Gasteiger partial charge in [0, 0.05) is 15.9 Å². The minimum atomic E-state index is -0.134. The highest BCUT2D eigenvalue weighted by molar-refractivity contribution is 9.10. The Kier molecular flexibility index (Phi) is 3.81. The van der Waals surface area contributed by atoms with Gasteiger partial charge in [0.05, 0.1) is 17.7 Å². The predicted molar refractivity (Wildman–Crippen MR) is 73.0 cm³/mol. The molecule has 17 heavy (non-hydrogen) atoms. The van der Waals surface area contributed by atoms with Crippen LogP contribution >= 0.6 is 27.3 Å². The highest BCUT2D eigenvalue weighted by atomic mass is 79.9. The maximum atomic E-state index is 11.9. The van der Waals surface area contributed by atoms with E-state index in [1.807, 2.05) is 24.3 Å². The second kappa shape index (κ2) is 5.33. The molecule has 0 aliphatic heterocycles. The first-order valence-corrected chi connectivity index (χ1v) is 6.56. The Labute approximate surface area is 112 Å². The van der Waals surface area contributed by atoms with E-state index in [2.05, 4.69) is 21.2 Å². The summed E-state index contributed by atoms with van der Waals surface area (Å²) in [6.07, 6.45) is 0. The van der Waals surface area contributed by atoms with Gasteiger partial charge >= 0.3 is 0 Å². The summed E-state index contributed by atoms with van der Waals surface area (Å²) in [5.41, 5.74) is 0.755. The SMILES string of the molecule is COc1csc(C(=O)Nc2ccccc2Br)c1. The predicted octanol–water partition coefficient (Wildman–Crippen LogP) is 3.77. The summed E-state index contributed by atoms with van der Waals surface area (Å²) in [5, 5.41) is 4.63. The molecule has 0 atom stereocenters. The van der Waals surface area contributed by atoms with Gasteiger partial charge in [-0.05, 0) is 28.1 Å². The molecule has 3 nitrogen and oxygen atoms in total. The van der Waals surface area contributed by atoms with Crippen LogP contribution in [0.2, 0.25) is 0 Å². The summed E-state index contributed by atoms with van der Waals surface area (Å²) in [6.45, 7) is 0. The fourth-order valence-electron chi connectivity index (χ4n) is 1.29. The number of para-hydroxylation sites is 1. The maximum Gasteiger partial charge on any atom is 0.265 e. The Balaban J connectivity index is 2.14. The largest absolute Gasteiger partial charge is 0.496 e. The van der Waals surface area contributed by atoms with Crippen molar-refractivity contribution in [3.63, 3.8) is 0 Å². The molecule has 0 bridgehead atoms. The van der Waals surface area contributed by atoms with Crippen LogP contribution < -0.4 is 10.1 Å². The number of amides is 1. The smallest absolute Gasteiger partial charge is 0.265 e. The molecule has 5 heteroatoms. The number of nitrogens with one attached hydrogen (secondary N) is 1. The summed E-state index contributed by atoms with van der Waals surface area (Å²) in [5.74, 6) is 0.567. The van der Waals surface area contributed by atoms with E-state index in [-0.39, 0.29) is 5.91 Å². The number of thiophene rings is 1. The van der Waals surface area contributed by atoms with Gasteiger partial charge in [-0.15, -0.1) is 11.3 Å². The number of benzene rings is 1. The van der Waals surface area contributed by atoms with E-state index in [4.69, 9.17) is 4.74 Å². The summed E-state index contributed by atoms with van der Waals surface area (Å²) in [6, 6.07) is 9.21. The summed E-state index contributed by atoms with van der Waals surface area (Å²) in [7, 11) is 1.58. The average Bonchev–Trinajstić information content (AvgIpc) is 2.81. The van der Waals surface area contributed by atoms with Gasteiger partial charge in [0.1, 0.15) is 5.75 Å². The summed E-state index contributed by atoms with van der Waals surface area (Å²) >= 11 is 4.74. The second-order valence-corrected chi connectivity index (χ2v) is 5.05. The lowest BCUT2D eigenvalue weighted by atomic mass is 10.3. The van der Waals surface area contributed by atoms with Crippen molar-refractivity contribution in [2.24, 2.45) is 0 Å². The monoisotopic (exact) mass is 311 g/mol. The molecule has 0 aliphatic carbocycles. The van der Waals surface area contributed by atoms with Crippen molar-refractivity contribution >= 4 is 38.9 Å².